The van der Waals surface area contributed by atoms with Gasteiger partial charge in [-0.2, -0.15) is 11.8 Å². The van der Waals surface area contributed by atoms with Crippen LogP contribution in [0.1, 0.15) is 51.4 Å². The predicted molar refractivity (Wildman–Crippen MR) is 72.2 cm³/mol. The Morgan fingerprint density at radius 2 is 1.67 bits per heavy atom. The second-order valence-electron chi connectivity index (χ2n) is 4.74. The van der Waals surface area contributed by atoms with E-state index in [1.165, 1.54) is 63.7 Å². The summed E-state index contributed by atoms with van der Waals surface area (Å²) in [6.07, 6.45) is 11.7. The van der Waals surface area contributed by atoms with Gasteiger partial charge < -0.3 is 5.32 Å². The van der Waals surface area contributed by atoms with Crippen molar-refractivity contribution in [1.82, 2.24) is 5.32 Å². The summed E-state index contributed by atoms with van der Waals surface area (Å²) in [6, 6.07) is 0.829. The van der Waals surface area contributed by atoms with Crippen molar-refractivity contribution in [3.8, 4) is 0 Å². The molecule has 2 rings (SSSR count). The molecule has 15 heavy (non-hydrogen) atoms. The number of halogens is 1. The van der Waals surface area contributed by atoms with E-state index >= 15 is 0 Å². The quantitative estimate of drug-likeness (QED) is 0.820. The summed E-state index contributed by atoms with van der Waals surface area (Å²) in [7, 11) is 0. The van der Waals surface area contributed by atoms with E-state index in [0.29, 0.717) is 0 Å². The van der Waals surface area contributed by atoms with Gasteiger partial charge in [0.1, 0.15) is 0 Å². The van der Waals surface area contributed by atoms with Crippen LogP contribution in [0.15, 0.2) is 0 Å². The summed E-state index contributed by atoms with van der Waals surface area (Å²) >= 11 is 2.24. The summed E-state index contributed by atoms with van der Waals surface area (Å²) in [5.41, 5.74) is 0. The molecule has 0 aromatic heterocycles. The van der Waals surface area contributed by atoms with Gasteiger partial charge in [-0.1, -0.05) is 25.7 Å². The second kappa shape index (κ2) is 7.81. The highest BCUT2D eigenvalue weighted by Gasteiger charge is 2.17. The van der Waals surface area contributed by atoms with E-state index in [0.717, 1.165) is 11.3 Å². The molecule has 1 heterocycles. The summed E-state index contributed by atoms with van der Waals surface area (Å²) in [4.78, 5) is 0. The van der Waals surface area contributed by atoms with Crippen LogP contribution < -0.4 is 5.32 Å². The molecular formula is C12H24ClNS. The molecule has 90 valence electrons. The minimum atomic E-state index is 0. The Balaban J connectivity index is 0.00000112. The van der Waals surface area contributed by atoms with Gasteiger partial charge in [-0.3, -0.25) is 0 Å². The van der Waals surface area contributed by atoms with Crippen molar-refractivity contribution in [2.45, 2.75) is 62.7 Å². The molecule has 1 aliphatic heterocycles. The highest BCUT2D eigenvalue weighted by atomic mass is 35.5. The van der Waals surface area contributed by atoms with Crippen LogP contribution >= 0.6 is 24.2 Å². The first kappa shape index (κ1) is 13.7. The van der Waals surface area contributed by atoms with Gasteiger partial charge in [0.15, 0.2) is 0 Å². The monoisotopic (exact) mass is 249 g/mol. The molecule has 0 aromatic rings. The molecular weight excluding hydrogens is 226 g/mol. The summed E-state index contributed by atoms with van der Waals surface area (Å²) in [5, 5.41) is 4.63. The summed E-state index contributed by atoms with van der Waals surface area (Å²) < 4.78 is 0. The average molecular weight is 250 g/mol. The zero-order valence-electron chi connectivity index (χ0n) is 9.54. The van der Waals surface area contributed by atoms with Gasteiger partial charge in [0.25, 0.3) is 0 Å². The topological polar surface area (TPSA) is 12.0 Å². The van der Waals surface area contributed by atoms with Gasteiger partial charge in [-0.15, -0.1) is 12.4 Å². The van der Waals surface area contributed by atoms with E-state index in [4.69, 9.17) is 0 Å². The third-order valence-electron chi connectivity index (χ3n) is 3.50. The van der Waals surface area contributed by atoms with E-state index in [9.17, 15) is 0 Å². The van der Waals surface area contributed by atoms with Crippen LogP contribution in [-0.2, 0) is 0 Å². The van der Waals surface area contributed by atoms with E-state index in [2.05, 4.69) is 17.1 Å². The maximum Gasteiger partial charge on any atom is 0.0158 e. The number of piperidine rings is 1. The number of hydrogen-bond donors (Lipinski definition) is 1. The highest BCUT2D eigenvalue weighted by Crippen LogP contribution is 2.29. The lowest BCUT2D eigenvalue weighted by molar-refractivity contribution is 0.428. The van der Waals surface area contributed by atoms with Crippen LogP contribution in [0.2, 0.25) is 0 Å². The molecule has 1 saturated carbocycles. The van der Waals surface area contributed by atoms with Crippen molar-refractivity contribution >= 4 is 24.2 Å². The van der Waals surface area contributed by atoms with Gasteiger partial charge in [0, 0.05) is 17.0 Å². The zero-order valence-corrected chi connectivity index (χ0v) is 11.2. The fourth-order valence-electron chi connectivity index (χ4n) is 2.55. The Labute approximate surface area is 105 Å². The normalized spacial score (nSPS) is 28.4. The largest absolute Gasteiger partial charge is 0.313 e. The van der Waals surface area contributed by atoms with Crippen LogP contribution in [0.5, 0.6) is 0 Å². The third kappa shape index (κ3) is 4.97. The van der Waals surface area contributed by atoms with Crippen molar-refractivity contribution in [3.05, 3.63) is 0 Å². The van der Waals surface area contributed by atoms with Gasteiger partial charge in [0.05, 0.1) is 0 Å². The lowest BCUT2D eigenvalue weighted by Crippen LogP contribution is -2.36. The molecule has 3 heteroatoms. The first-order valence-corrected chi connectivity index (χ1v) is 7.35. The Morgan fingerprint density at radius 1 is 0.933 bits per heavy atom. The van der Waals surface area contributed by atoms with Crippen molar-refractivity contribution in [3.63, 3.8) is 0 Å². The molecule has 1 unspecified atom stereocenters. The van der Waals surface area contributed by atoms with Crippen molar-refractivity contribution in [2.75, 3.05) is 12.3 Å². The minimum absolute atomic E-state index is 0. The number of thioether (sulfide) groups is 1. The van der Waals surface area contributed by atoms with Crippen LogP contribution in [0.4, 0.5) is 0 Å². The molecule has 0 amide bonds. The zero-order chi connectivity index (χ0) is 9.64. The molecule has 1 aliphatic carbocycles. The fourth-order valence-corrected chi connectivity index (χ4v) is 4.01. The third-order valence-corrected chi connectivity index (χ3v) is 5.04. The molecule has 1 nitrogen and oxygen atoms in total. The summed E-state index contributed by atoms with van der Waals surface area (Å²) in [5.74, 6) is 1.37. The minimum Gasteiger partial charge on any atom is -0.313 e. The second-order valence-corrected chi connectivity index (χ2v) is 6.07. The van der Waals surface area contributed by atoms with Crippen LogP contribution in [-0.4, -0.2) is 23.6 Å². The molecule has 0 aromatic carbocycles. The van der Waals surface area contributed by atoms with Gasteiger partial charge in [-0.25, -0.2) is 0 Å². The van der Waals surface area contributed by atoms with Crippen LogP contribution in [0.3, 0.4) is 0 Å². The lowest BCUT2D eigenvalue weighted by Gasteiger charge is -2.27. The molecule has 1 atom stereocenters. The average Bonchev–Trinajstić information content (AvgIpc) is 2.29. The van der Waals surface area contributed by atoms with Gasteiger partial charge in [0.2, 0.25) is 0 Å². The first-order chi connectivity index (χ1) is 6.95. The Bertz CT molecular complexity index is 136. The van der Waals surface area contributed by atoms with E-state index in [1.54, 1.807) is 0 Å². The molecule has 2 aliphatic rings. The SMILES string of the molecule is C1CCC(SCC2CCCCN2)CC1.Cl. The molecule has 1 N–H and O–H groups in total. The van der Waals surface area contributed by atoms with Crippen molar-refractivity contribution in [2.24, 2.45) is 0 Å². The smallest absolute Gasteiger partial charge is 0.0158 e. The number of hydrogen-bond acceptors (Lipinski definition) is 2. The molecule has 1 saturated heterocycles. The first-order valence-electron chi connectivity index (χ1n) is 6.30. The van der Waals surface area contributed by atoms with Crippen molar-refractivity contribution in [1.29, 1.82) is 0 Å². The Hall–Kier alpha value is 0.600. The predicted octanol–water partition coefficient (Wildman–Crippen LogP) is 3.62. The van der Waals surface area contributed by atoms with Crippen molar-refractivity contribution < 1.29 is 0 Å². The molecule has 0 bridgehead atoms. The molecule has 0 spiro atoms. The number of nitrogens with one attached hydrogen (secondary N) is 1. The maximum atomic E-state index is 3.64. The van der Waals surface area contributed by atoms with E-state index in [-0.39, 0.29) is 12.4 Å². The fraction of sp³-hybridized carbons (Fsp3) is 1.00. The standard InChI is InChI=1S/C12H23NS.ClH/c1-2-7-12(8-3-1)14-10-11-6-4-5-9-13-11;/h11-13H,1-10H2;1H. The highest BCUT2D eigenvalue weighted by molar-refractivity contribution is 7.99. The Morgan fingerprint density at radius 3 is 2.33 bits per heavy atom. The summed E-state index contributed by atoms with van der Waals surface area (Å²) in [6.45, 7) is 1.26. The van der Waals surface area contributed by atoms with Gasteiger partial charge >= 0.3 is 0 Å². The number of rotatable bonds is 3. The lowest BCUT2D eigenvalue weighted by atomic mass is 10.0. The van der Waals surface area contributed by atoms with Crippen LogP contribution in [0, 0.1) is 0 Å². The van der Waals surface area contributed by atoms with E-state index < -0.39 is 0 Å². The Kier molecular flexibility index (Phi) is 7.11. The molecule has 2 fully saturated rings. The maximum absolute atomic E-state index is 3.64. The van der Waals surface area contributed by atoms with Gasteiger partial charge in [-0.05, 0) is 32.2 Å². The van der Waals surface area contributed by atoms with Crippen LogP contribution in [0.25, 0.3) is 0 Å². The molecule has 0 radical (unpaired) electrons. The van der Waals surface area contributed by atoms with E-state index in [1.807, 2.05) is 0 Å².